The van der Waals surface area contributed by atoms with Gasteiger partial charge in [-0.15, -0.1) is 0 Å². The third-order valence-electron chi connectivity index (χ3n) is 4.80. The molecule has 1 N–H and O–H groups in total. The molecule has 4 rings (SSSR count). The number of aromatic nitrogens is 2. The lowest BCUT2D eigenvalue weighted by Gasteiger charge is -2.27. The average Bonchev–Trinajstić information content (AvgIpc) is 3.15. The van der Waals surface area contributed by atoms with Crippen molar-refractivity contribution in [2.45, 2.75) is 13.0 Å². The third-order valence-corrected chi connectivity index (χ3v) is 5.03. The Morgan fingerprint density at radius 1 is 1.28 bits per heavy atom. The Morgan fingerprint density at radius 2 is 2.10 bits per heavy atom. The van der Waals surface area contributed by atoms with E-state index in [0.29, 0.717) is 24.5 Å². The van der Waals surface area contributed by atoms with Crippen molar-refractivity contribution >= 4 is 23.2 Å². The fourth-order valence-corrected chi connectivity index (χ4v) is 3.53. The molecule has 1 aliphatic heterocycles. The van der Waals surface area contributed by atoms with E-state index in [4.69, 9.17) is 16.3 Å². The second kappa shape index (κ2) is 7.92. The zero-order valence-corrected chi connectivity index (χ0v) is 16.1. The van der Waals surface area contributed by atoms with Crippen molar-refractivity contribution in [3.05, 3.63) is 74.9 Å². The summed E-state index contributed by atoms with van der Waals surface area (Å²) in [6, 6.07) is 13.4. The summed E-state index contributed by atoms with van der Waals surface area (Å²) in [5.74, 6) is -0.168. The number of H-pyrrole nitrogens is 1. The molecule has 0 saturated carbocycles. The van der Waals surface area contributed by atoms with E-state index >= 15 is 0 Å². The van der Waals surface area contributed by atoms with Gasteiger partial charge in [-0.25, -0.2) is 0 Å². The van der Waals surface area contributed by atoms with Crippen molar-refractivity contribution in [2.75, 3.05) is 13.2 Å². The van der Waals surface area contributed by atoms with E-state index in [1.807, 2.05) is 18.2 Å². The molecular weight excluding hydrogens is 396 g/mol. The van der Waals surface area contributed by atoms with E-state index in [1.165, 1.54) is 12.1 Å². The summed E-state index contributed by atoms with van der Waals surface area (Å²) in [6.45, 7) is 0.626. The van der Waals surface area contributed by atoms with Crippen LogP contribution in [0, 0.1) is 10.1 Å². The minimum absolute atomic E-state index is 0.0754. The molecule has 148 valence electrons. The van der Waals surface area contributed by atoms with E-state index < -0.39 is 4.92 Å². The highest BCUT2D eigenvalue weighted by atomic mass is 35.5. The van der Waals surface area contributed by atoms with Crippen LogP contribution in [0.1, 0.15) is 11.3 Å². The number of para-hydroxylation sites is 2. The van der Waals surface area contributed by atoms with Crippen molar-refractivity contribution in [3.63, 3.8) is 0 Å². The maximum absolute atomic E-state index is 12.7. The predicted octanol–water partition coefficient (Wildman–Crippen LogP) is 3.60. The first-order valence-electron chi connectivity index (χ1n) is 8.99. The number of carbonyl (C=O) groups excluding carboxylic acids is 1. The number of fused-ring (bicyclic) bond motifs is 1. The molecule has 2 heterocycles. The molecule has 0 atom stereocenters. The molecule has 8 nitrogen and oxygen atoms in total. The summed E-state index contributed by atoms with van der Waals surface area (Å²) in [5.41, 5.74) is 3.40. The van der Waals surface area contributed by atoms with Gasteiger partial charge in [0.25, 0.3) is 5.91 Å². The van der Waals surface area contributed by atoms with E-state index in [-0.39, 0.29) is 24.0 Å². The normalized spacial score (nSPS) is 13.1. The fraction of sp³-hybridized carbons (Fsp3) is 0.200. The molecule has 0 unspecified atom stereocenters. The lowest BCUT2D eigenvalue weighted by Crippen LogP contribution is -2.38. The van der Waals surface area contributed by atoms with Crippen molar-refractivity contribution in [1.82, 2.24) is 15.1 Å². The average molecular weight is 413 g/mol. The summed E-state index contributed by atoms with van der Waals surface area (Å²) in [5, 5.41) is 19.1. The minimum Gasteiger partial charge on any atom is -0.477 e. The second-order valence-corrected chi connectivity index (χ2v) is 7.05. The number of nitrogens with one attached hydrogen (secondary N) is 1. The van der Waals surface area contributed by atoms with Gasteiger partial charge in [-0.05, 0) is 18.2 Å². The molecule has 3 aromatic rings. The molecule has 0 radical (unpaired) electrons. The van der Waals surface area contributed by atoms with E-state index in [9.17, 15) is 14.9 Å². The van der Waals surface area contributed by atoms with Gasteiger partial charge in [0.1, 0.15) is 0 Å². The maximum Gasteiger partial charge on any atom is 0.310 e. The molecule has 2 aromatic carbocycles. The summed E-state index contributed by atoms with van der Waals surface area (Å²) in [7, 11) is 0. The second-order valence-electron chi connectivity index (χ2n) is 6.62. The van der Waals surface area contributed by atoms with Crippen molar-refractivity contribution < 1.29 is 14.5 Å². The largest absolute Gasteiger partial charge is 0.477 e. The number of nitrogens with zero attached hydrogens (tertiary/aromatic N) is 3. The Bertz CT molecular complexity index is 1080. The van der Waals surface area contributed by atoms with Crippen LogP contribution in [-0.4, -0.2) is 39.1 Å². The van der Waals surface area contributed by atoms with Crippen molar-refractivity contribution in [3.8, 4) is 17.0 Å². The molecule has 0 aliphatic carbocycles. The van der Waals surface area contributed by atoms with Crippen LogP contribution in [0.2, 0.25) is 5.02 Å². The Hall–Kier alpha value is -3.39. The Balaban J connectivity index is 1.48. The van der Waals surface area contributed by atoms with Crippen LogP contribution < -0.4 is 4.74 Å². The number of rotatable bonds is 5. The zero-order chi connectivity index (χ0) is 20.4. The van der Waals surface area contributed by atoms with Gasteiger partial charge in [-0.3, -0.25) is 20.0 Å². The number of amides is 1. The van der Waals surface area contributed by atoms with Crippen LogP contribution in [0.15, 0.2) is 48.5 Å². The molecule has 9 heteroatoms. The van der Waals surface area contributed by atoms with Crippen LogP contribution in [0.3, 0.4) is 0 Å². The number of benzene rings is 2. The number of carbonyl (C=O) groups is 1. The number of aromatic amines is 1. The SMILES string of the molecule is O=C(COc1ccccc1[N+](=O)[O-])N1CCc2[nH]nc(-c3cccc(Cl)c3)c2C1. The molecule has 1 aromatic heterocycles. The highest BCUT2D eigenvalue weighted by Gasteiger charge is 2.26. The standard InChI is InChI=1S/C20H17ClN4O4/c21-14-5-3-4-13(10-14)20-15-11-24(9-8-16(15)22-23-20)19(26)12-29-18-7-2-1-6-17(18)25(27)28/h1-7,10H,8-9,11-12H2,(H,22,23). The summed E-state index contributed by atoms with van der Waals surface area (Å²) >= 11 is 6.09. The number of halogens is 1. The van der Waals surface area contributed by atoms with E-state index in [0.717, 1.165) is 22.5 Å². The maximum atomic E-state index is 12.7. The first-order valence-corrected chi connectivity index (χ1v) is 9.37. The fourth-order valence-electron chi connectivity index (χ4n) is 3.34. The smallest absolute Gasteiger partial charge is 0.310 e. The summed E-state index contributed by atoms with van der Waals surface area (Å²) < 4.78 is 5.44. The molecule has 0 spiro atoms. The molecule has 0 saturated heterocycles. The van der Waals surface area contributed by atoms with Gasteiger partial charge in [0.15, 0.2) is 12.4 Å². The quantitative estimate of drug-likeness (QED) is 0.509. The Kier molecular flexibility index (Phi) is 5.18. The van der Waals surface area contributed by atoms with Gasteiger partial charge in [0, 0.05) is 47.4 Å². The van der Waals surface area contributed by atoms with Crippen LogP contribution in [-0.2, 0) is 17.8 Å². The number of nitro groups is 1. The number of nitro benzene ring substituents is 1. The summed E-state index contributed by atoms with van der Waals surface area (Å²) in [4.78, 5) is 24.9. The Labute approximate surface area is 171 Å². The molecule has 1 amide bonds. The lowest BCUT2D eigenvalue weighted by molar-refractivity contribution is -0.385. The van der Waals surface area contributed by atoms with Gasteiger partial charge in [0.2, 0.25) is 0 Å². The molecule has 1 aliphatic rings. The first kappa shape index (κ1) is 18.9. The molecule has 0 bridgehead atoms. The highest BCUT2D eigenvalue weighted by molar-refractivity contribution is 6.30. The van der Waals surface area contributed by atoms with Gasteiger partial charge in [-0.2, -0.15) is 5.10 Å². The minimum atomic E-state index is -0.532. The van der Waals surface area contributed by atoms with Crippen LogP contribution >= 0.6 is 11.6 Å². The number of hydrogen-bond acceptors (Lipinski definition) is 5. The van der Waals surface area contributed by atoms with Crippen molar-refractivity contribution in [1.29, 1.82) is 0 Å². The third kappa shape index (κ3) is 3.93. The number of hydrogen-bond donors (Lipinski definition) is 1. The topological polar surface area (TPSA) is 101 Å². The lowest BCUT2D eigenvalue weighted by atomic mass is 10.0. The van der Waals surface area contributed by atoms with E-state index in [1.54, 1.807) is 23.1 Å². The predicted molar refractivity (Wildman–Crippen MR) is 107 cm³/mol. The number of ether oxygens (including phenoxy) is 1. The van der Waals surface area contributed by atoms with Crippen LogP contribution in [0.4, 0.5) is 5.69 Å². The van der Waals surface area contributed by atoms with Gasteiger partial charge in [-0.1, -0.05) is 35.9 Å². The summed E-state index contributed by atoms with van der Waals surface area (Å²) in [6.07, 6.45) is 0.639. The molecule has 29 heavy (non-hydrogen) atoms. The first-order chi connectivity index (χ1) is 14.0. The Morgan fingerprint density at radius 3 is 2.90 bits per heavy atom. The monoisotopic (exact) mass is 412 g/mol. The van der Waals surface area contributed by atoms with Gasteiger partial charge < -0.3 is 9.64 Å². The zero-order valence-electron chi connectivity index (χ0n) is 15.3. The van der Waals surface area contributed by atoms with Crippen LogP contribution in [0.5, 0.6) is 5.75 Å². The van der Waals surface area contributed by atoms with Gasteiger partial charge >= 0.3 is 5.69 Å². The molecule has 0 fully saturated rings. The van der Waals surface area contributed by atoms with Crippen molar-refractivity contribution in [2.24, 2.45) is 0 Å². The van der Waals surface area contributed by atoms with E-state index in [2.05, 4.69) is 10.2 Å². The van der Waals surface area contributed by atoms with Crippen LogP contribution in [0.25, 0.3) is 11.3 Å². The highest BCUT2D eigenvalue weighted by Crippen LogP contribution is 2.30. The molecular formula is C20H17ClN4O4. The van der Waals surface area contributed by atoms with Gasteiger partial charge in [0.05, 0.1) is 10.6 Å².